The fourth-order valence-electron chi connectivity index (χ4n) is 1.16. The molecular weight excluding hydrogens is 334 g/mol. The first-order valence-corrected chi connectivity index (χ1v) is 5.51. The van der Waals surface area contributed by atoms with Crippen LogP contribution in [-0.4, -0.2) is 37.3 Å². The van der Waals surface area contributed by atoms with Gasteiger partial charge in [-0.2, -0.15) is 13.2 Å². The highest BCUT2D eigenvalue weighted by atomic mass is 35.5. The first kappa shape index (κ1) is 22.0. The third kappa shape index (κ3) is 10.2. The van der Waals surface area contributed by atoms with Gasteiger partial charge in [-0.1, -0.05) is 0 Å². The minimum absolute atomic E-state index is 0. The van der Waals surface area contributed by atoms with Crippen LogP contribution < -0.4 is 15.4 Å². The Balaban J connectivity index is 0. The molecule has 0 aliphatic rings. The summed E-state index contributed by atoms with van der Waals surface area (Å²) in [6, 6.07) is 2.69. The van der Waals surface area contributed by atoms with E-state index in [2.05, 4.69) is 20.4 Å². The number of hydrogen-bond donors (Lipinski definition) is 2. The molecule has 0 spiro atoms. The molecule has 0 aliphatic carbocycles. The van der Waals surface area contributed by atoms with Gasteiger partial charge in [-0.05, 0) is 13.1 Å². The van der Waals surface area contributed by atoms with E-state index in [0.717, 1.165) is 0 Å². The van der Waals surface area contributed by atoms with Gasteiger partial charge < -0.3 is 15.4 Å². The molecule has 2 N–H and O–H groups in total. The Labute approximate surface area is 132 Å². The van der Waals surface area contributed by atoms with Gasteiger partial charge in [-0.25, -0.2) is 4.98 Å². The third-order valence-electron chi connectivity index (χ3n) is 2.01. The van der Waals surface area contributed by atoms with Gasteiger partial charge in [0, 0.05) is 19.0 Å². The smallest absolute Gasteiger partial charge is 0.422 e. The number of carbonyl (C=O) groups is 1. The lowest BCUT2D eigenvalue weighted by molar-refractivity contribution is -0.154. The summed E-state index contributed by atoms with van der Waals surface area (Å²) >= 11 is 0. The molecule has 1 aromatic rings. The molecule has 10 heteroatoms. The van der Waals surface area contributed by atoms with Crippen molar-refractivity contribution in [2.45, 2.75) is 12.6 Å². The van der Waals surface area contributed by atoms with E-state index < -0.39 is 12.8 Å². The molecule has 0 unspecified atom stereocenters. The molecule has 0 bridgehead atoms. The fraction of sp³-hybridized carbons (Fsp3) is 0.455. The van der Waals surface area contributed by atoms with E-state index in [9.17, 15) is 18.0 Å². The zero-order valence-corrected chi connectivity index (χ0v) is 12.7. The SMILES string of the molecule is CNCCC(=O)Nc1ccc(OCC(F)(F)F)nc1.Cl.Cl. The van der Waals surface area contributed by atoms with Crippen molar-refractivity contribution in [3.05, 3.63) is 18.3 Å². The maximum Gasteiger partial charge on any atom is 0.422 e. The van der Waals surface area contributed by atoms with E-state index in [0.29, 0.717) is 18.7 Å². The summed E-state index contributed by atoms with van der Waals surface area (Å²) < 4.78 is 40.1. The molecule has 0 fully saturated rings. The number of rotatable bonds is 6. The predicted octanol–water partition coefficient (Wildman–Crippen LogP) is 2.41. The molecule has 0 radical (unpaired) electrons. The van der Waals surface area contributed by atoms with Gasteiger partial charge in [0.25, 0.3) is 0 Å². The Bertz CT molecular complexity index is 416. The lowest BCUT2D eigenvalue weighted by Crippen LogP contribution is -2.20. The predicted molar refractivity (Wildman–Crippen MR) is 77.5 cm³/mol. The fourth-order valence-corrected chi connectivity index (χ4v) is 1.16. The summed E-state index contributed by atoms with van der Waals surface area (Å²) in [6.45, 7) is -0.861. The number of nitrogens with one attached hydrogen (secondary N) is 2. The molecule has 1 heterocycles. The first-order valence-electron chi connectivity index (χ1n) is 5.51. The lowest BCUT2D eigenvalue weighted by atomic mass is 10.3. The Morgan fingerprint density at radius 2 is 2.00 bits per heavy atom. The summed E-state index contributed by atoms with van der Waals surface area (Å²) in [4.78, 5) is 15.0. The van der Waals surface area contributed by atoms with Crippen molar-refractivity contribution >= 4 is 36.4 Å². The minimum atomic E-state index is -4.40. The molecule has 5 nitrogen and oxygen atoms in total. The number of carbonyl (C=O) groups excluding carboxylic acids is 1. The number of nitrogens with zero attached hydrogens (tertiary/aromatic N) is 1. The molecule has 1 aromatic heterocycles. The topological polar surface area (TPSA) is 63.2 Å². The molecule has 1 amide bonds. The van der Waals surface area contributed by atoms with Crippen LogP contribution in [0.4, 0.5) is 18.9 Å². The molecular formula is C11H16Cl2F3N3O2. The van der Waals surface area contributed by atoms with Crippen LogP contribution in [0, 0.1) is 0 Å². The van der Waals surface area contributed by atoms with Crippen LogP contribution in [0.25, 0.3) is 0 Å². The summed E-state index contributed by atoms with van der Waals surface area (Å²) in [7, 11) is 1.72. The average Bonchev–Trinajstić information content (AvgIpc) is 2.34. The second-order valence-electron chi connectivity index (χ2n) is 3.69. The Morgan fingerprint density at radius 3 is 2.48 bits per heavy atom. The number of hydrogen-bond acceptors (Lipinski definition) is 4. The number of aromatic nitrogens is 1. The summed E-state index contributed by atoms with van der Waals surface area (Å²) in [5.74, 6) is -0.356. The number of pyridine rings is 1. The molecule has 0 aliphatic heterocycles. The molecule has 0 saturated carbocycles. The zero-order valence-electron chi connectivity index (χ0n) is 11.1. The summed E-state index contributed by atoms with van der Waals surface area (Å²) in [6.07, 6.45) is -2.87. The van der Waals surface area contributed by atoms with Crippen molar-refractivity contribution in [3.8, 4) is 5.88 Å². The maximum absolute atomic E-state index is 11.9. The van der Waals surface area contributed by atoms with Crippen LogP contribution in [0.1, 0.15) is 6.42 Å². The molecule has 0 aromatic carbocycles. The van der Waals surface area contributed by atoms with Crippen molar-refractivity contribution in [2.24, 2.45) is 0 Å². The van der Waals surface area contributed by atoms with E-state index in [1.165, 1.54) is 18.3 Å². The monoisotopic (exact) mass is 349 g/mol. The number of alkyl halides is 3. The van der Waals surface area contributed by atoms with Crippen molar-refractivity contribution in [3.63, 3.8) is 0 Å². The van der Waals surface area contributed by atoms with Crippen LogP contribution in [0.3, 0.4) is 0 Å². The molecule has 1 rings (SSSR count). The quantitative estimate of drug-likeness (QED) is 0.827. The van der Waals surface area contributed by atoms with Crippen LogP contribution in [0.2, 0.25) is 0 Å². The molecule has 0 atom stereocenters. The van der Waals surface area contributed by atoms with Gasteiger partial charge in [0.05, 0.1) is 11.9 Å². The highest BCUT2D eigenvalue weighted by Crippen LogP contribution is 2.17. The van der Waals surface area contributed by atoms with Crippen LogP contribution in [0.15, 0.2) is 18.3 Å². The molecule has 21 heavy (non-hydrogen) atoms. The zero-order chi connectivity index (χ0) is 14.3. The highest BCUT2D eigenvalue weighted by Gasteiger charge is 2.28. The van der Waals surface area contributed by atoms with Gasteiger partial charge in [0.15, 0.2) is 6.61 Å². The molecule has 0 saturated heterocycles. The Kier molecular flexibility index (Phi) is 11.0. The van der Waals surface area contributed by atoms with Gasteiger partial charge in [0.2, 0.25) is 11.8 Å². The second kappa shape index (κ2) is 10.5. The Hall–Kier alpha value is -1.25. The number of halogens is 5. The van der Waals surface area contributed by atoms with E-state index in [-0.39, 0.29) is 36.6 Å². The van der Waals surface area contributed by atoms with Crippen molar-refractivity contribution in [1.29, 1.82) is 0 Å². The normalized spacial score (nSPS) is 10.1. The van der Waals surface area contributed by atoms with Crippen molar-refractivity contribution in [1.82, 2.24) is 10.3 Å². The van der Waals surface area contributed by atoms with Gasteiger partial charge in [-0.15, -0.1) is 24.8 Å². The van der Waals surface area contributed by atoms with Crippen LogP contribution in [-0.2, 0) is 4.79 Å². The second-order valence-corrected chi connectivity index (χ2v) is 3.69. The van der Waals surface area contributed by atoms with Gasteiger partial charge in [0.1, 0.15) is 0 Å². The van der Waals surface area contributed by atoms with Gasteiger partial charge in [-0.3, -0.25) is 4.79 Å². The average molecular weight is 350 g/mol. The highest BCUT2D eigenvalue weighted by molar-refractivity contribution is 5.90. The minimum Gasteiger partial charge on any atom is -0.468 e. The van der Waals surface area contributed by atoms with E-state index in [1.807, 2.05) is 0 Å². The number of anilines is 1. The largest absolute Gasteiger partial charge is 0.468 e. The van der Waals surface area contributed by atoms with Crippen molar-refractivity contribution < 1.29 is 22.7 Å². The van der Waals surface area contributed by atoms with Crippen LogP contribution >= 0.6 is 24.8 Å². The van der Waals surface area contributed by atoms with Crippen LogP contribution in [0.5, 0.6) is 5.88 Å². The van der Waals surface area contributed by atoms with E-state index in [4.69, 9.17) is 0 Å². The third-order valence-corrected chi connectivity index (χ3v) is 2.01. The lowest BCUT2D eigenvalue weighted by Gasteiger charge is -2.09. The standard InChI is InChI=1S/C11H14F3N3O2.2ClH/c1-15-5-4-9(18)17-8-2-3-10(16-6-8)19-7-11(12,13)14;;/h2-3,6,15H,4-5,7H2,1H3,(H,17,18);2*1H. The number of ether oxygens (including phenoxy) is 1. The van der Waals surface area contributed by atoms with Crippen molar-refractivity contribution in [2.75, 3.05) is 25.5 Å². The summed E-state index contributed by atoms with van der Waals surface area (Å²) in [5, 5.41) is 5.38. The first-order chi connectivity index (χ1) is 8.90. The van der Waals surface area contributed by atoms with E-state index in [1.54, 1.807) is 7.05 Å². The molecule has 122 valence electrons. The maximum atomic E-state index is 11.9. The van der Waals surface area contributed by atoms with Gasteiger partial charge >= 0.3 is 6.18 Å². The number of amides is 1. The Morgan fingerprint density at radius 1 is 1.33 bits per heavy atom. The summed E-state index contributed by atoms with van der Waals surface area (Å²) in [5.41, 5.74) is 0.403. The van der Waals surface area contributed by atoms with E-state index >= 15 is 0 Å².